The number of ether oxygens (including phenoxy) is 2. The molecule has 1 aromatic rings. The highest BCUT2D eigenvalue weighted by molar-refractivity contribution is 6.31. The van der Waals surface area contributed by atoms with Gasteiger partial charge in [-0.1, -0.05) is 25.4 Å². The van der Waals surface area contributed by atoms with Crippen molar-refractivity contribution in [1.82, 2.24) is 0 Å². The summed E-state index contributed by atoms with van der Waals surface area (Å²) in [5.41, 5.74) is 11.6. The minimum Gasteiger partial charge on any atom is -0.486 e. The molecule has 0 aliphatic carbocycles. The van der Waals surface area contributed by atoms with Crippen LogP contribution in [0.15, 0.2) is 12.1 Å². The number of rotatable bonds is 4. The van der Waals surface area contributed by atoms with Gasteiger partial charge in [-0.05, 0) is 18.1 Å². The number of hydrogen-bond acceptors (Lipinski definition) is 4. The lowest BCUT2D eigenvalue weighted by molar-refractivity contribution is -0.126. The zero-order valence-corrected chi connectivity index (χ0v) is 12.4. The maximum atomic E-state index is 11.4. The maximum absolute atomic E-state index is 11.4. The molecule has 2 rings (SSSR count). The van der Waals surface area contributed by atoms with Crippen LogP contribution in [-0.2, 0) is 4.79 Å². The van der Waals surface area contributed by atoms with Crippen molar-refractivity contribution in [2.24, 2.45) is 16.9 Å². The lowest BCUT2D eigenvalue weighted by Crippen LogP contribution is -2.34. The summed E-state index contributed by atoms with van der Waals surface area (Å²) < 4.78 is 11.0. The standard InChI is InChI=1S/C14H19ClN2O3/c1-14(2,13(17)18)7-10(16)8-5-11-12(6-9(8)15)20-4-3-19-11/h5-6,10H,3-4,7,16H2,1-2H3,(H2,17,18). The van der Waals surface area contributed by atoms with Crippen molar-refractivity contribution in [2.45, 2.75) is 26.3 Å². The Morgan fingerprint density at radius 2 is 1.90 bits per heavy atom. The summed E-state index contributed by atoms with van der Waals surface area (Å²) in [7, 11) is 0. The van der Waals surface area contributed by atoms with Gasteiger partial charge in [0.25, 0.3) is 0 Å². The van der Waals surface area contributed by atoms with E-state index >= 15 is 0 Å². The first-order valence-corrected chi connectivity index (χ1v) is 6.83. The van der Waals surface area contributed by atoms with Crippen LogP contribution >= 0.6 is 11.6 Å². The van der Waals surface area contributed by atoms with E-state index in [2.05, 4.69) is 0 Å². The largest absolute Gasteiger partial charge is 0.486 e. The molecule has 110 valence electrons. The molecular weight excluding hydrogens is 280 g/mol. The highest BCUT2D eigenvalue weighted by Crippen LogP contribution is 2.39. The van der Waals surface area contributed by atoms with E-state index in [1.165, 1.54) is 0 Å². The van der Waals surface area contributed by atoms with Crippen LogP contribution in [0.4, 0.5) is 0 Å². The summed E-state index contributed by atoms with van der Waals surface area (Å²) in [6, 6.07) is 3.07. The second-order valence-corrected chi connectivity index (χ2v) is 5.98. The van der Waals surface area contributed by atoms with Gasteiger partial charge < -0.3 is 20.9 Å². The quantitative estimate of drug-likeness (QED) is 0.890. The van der Waals surface area contributed by atoms with E-state index in [9.17, 15) is 4.79 Å². The van der Waals surface area contributed by atoms with Crippen molar-refractivity contribution in [3.8, 4) is 11.5 Å². The number of fused-ring (bicyclic) bond motifs is 1. The molecule has 1 heterocycles. The van der Waals surface area contributed by atoms with Crippen molar-refractivity contribution in [2.75, 3.05) is 13.2 Å². The molecular formula is C14H19ClN2O3. The first-order chi connectivity index (χ1) is 9.31. The molecule has 0 bridgehead atoms. The van der Waals surface area contributed by atoms with E-state index in [0.29, 0.717) is 36.2 Å². The third kappa shape index (κ3) is 2.99. The minimum atomic E-state index is -0.698. The van der Waals surface area contributed by atoms with Crippen molar-refractivity contribution in [3.05, 3.63) is 22.7 Å². The predicted molar refractivity (Wildman–Crippen MR) is 77.0 cm³/mol. The summed E-state index contributed by atoms with van der Waals surface area (Å²) in [6.07, 6.45) is 0.404. The summed E-state index contributed by atoms with van der Waals surface area (Å²) in [6.45, 7) is 4.53. The van der Waals surface area contributed by atoms with Gasteiger partial charge in [0.1, 0.15) is 13.2 Å². The molecule has 5 nitrogen and oxygen atoms in total. The van der Waals surface area contributed by atoms with Gasteiger partial charge >= 0.3 is 0 Å². The lowest BCUT2D eigenvalue weighted by atomic mass is 9.83. The minimum absolute atomic E-state index is 0.387. The molecule has 0 spiro atoms. The number of halogens is 1. The fraction of sp³-hybridized carbons (Fsp3) is 0.500. The summed E-state index contributed by atoms with van der Waals surface area (Å²) in [4.78, 5) is 11.4. The maximum Gasteiger partial charge on any atom is 0.223 e. The molecule has 0 radical (unpaired) electrons. The number of hydrogen-bond donors (Lipinski definition) is 2. The van der Waals surface area contributed by atoms with E-state index in [4.69, 9.17) is 32.5 Å². The highest BCUT2D eigenvalue weighted by atomic mass is 35.5. The van der Waals surface area contributed by atoms with Crippen LogP contribution in [-0.4, -0.2) is 19.1 Å². The number of carbonyl (C=O) groups excluding carboxylic acids is 1. The number of benzene rings is 1. The van der Waals surface area contributed by atoms with E-state index in [1.807, 2.05) is 0 Å². The lowest BCUT2D eigenvalue weighted by Gasteiger charge is -2.26. The molecule has 6 heteroatoms. The fourth-order valence-electron chi connectivity index (χ4n) is 2.12. The van der Waals surface area contributed by atoms with Crippen LogP contribution in [0.25, 0.3) is 0 Å². The first-order valence-electron chi connectivity index (χ1n) is 6.46. The molecule has 1 atom stereocenters. The second-order valence-electron chi connectivity index (χ2n) is 5.58. The van der Waals surface area contributed by atoms with Gasteiger partial charge in [-0.15, -0.1) is 0 Å². The predicted octanol–water partition coefficient (Wildman–Crippen LogP) is 2.01. The molecule has 0 saturated carbocycles. The molecule has 1 amide bonds. The zero-order chi connectivity index (χ0) is 14.9. The Balaban J connectivity index is 2.26. The third-order valence-electron chi connectivity index (χ3n) is 3.46. The number of nitrogens with two attached hydrogens (primary N) is 2. The van der Waals surface area contributed by atoms with Gasteiger partial charge in [-0.25, -0.2) is 0 Å². The number of carbonyl (C=O) groups is 1. The molecule has 1 aliphatic rings. The van der Waals surface area contributed by atoms with Crippen LogP contribution in [0.1, 0.15) is 31.9 Å². The van der Waals surface area contributed by atoms with Gasteiger partial charge in [-0.3, -0.25) is 4.79 Å². The van der Waals surface area contributed by atoms with Crippen LogP contribution in [0.3, 0.4) is 0 Å². The monoisotopic (exact) mass is 298 g/mol. The van der Waals surface area contributed by atoms with Gasteiger partial charge in [-0.2, -0.15) is 0 Å². The van der Waals surface area contributed by atoms with Gasteiger partial charge in [0.2, 0.25) is 5.91 Å². The average Bonchev–Trinajstić information content (AvgIpc) is 2.37. The first kappa shape index (κ1) is 14.9. The number of primary amides is 1. The normalized spacial score (nSPS) is 15.8. The number of amides is 1. The Morgan fingerprint density at radius 3 is 2.45 bits per heavy atom. The highest BCUT2D eigenvalue weighted by Gasteiger charge is 2.29. The van der Waals surface area contributed by atoms with Gasteiger partial charge in [0.05, 0.1) is 0 Å². The molecule has 1 unspecified atom stereocenters. The van der Waals surface area contributed by atoms with Gasteiger partial charge in [0, 0.05) is 22.5 Å². The molecule has 0 fully saturated rings. The van der Waals surface area contributed by atoms with E-state index in [1.54, 1.807) is 26.0 Å². The van der Waals surface area contributed by atoms with Crippen LogP contribution in [0, 0.1) is 5.41 Å². The van der Waals surface area contributed by atoms with E-state index in [0.717, 1.165) is 5.56 Å². The fourth-order valence-corrected chi connectivity index (χ4v) is 2.42. The van der Waals surface area contributed by atoms with Crippen molar-refractivity contribution < 1.29 is 14.3 Å². The Kier molecular flexibility index (Phi) is 4.11. The molecule has 4 N–H and O–H groups in total. The van der Waals surface area contributed by atoms with E-state index in [-0.39, 0.29) is 5.91 Å². The summed E-state index contributed by atoms with van der Waals surface area (Å²) in [5.74, 6) is 0.857. The Morgan fingerprint density at radius 1 is 1.35 bits per heavy atom. The SMILES string of the molecule is CC(C)(CC(N)c1cc2c(cc1Cl)OCCO2)C(N)=O. The van der Waals surface area contributed by atoms with Crippen molar-refractivity contribution in [3.63, 3.8) is 0 Å². The van der Waals surface area contributed by atoms with Crippen LogP contribution in [0.2, 0.25) is 5.02 Å². The molecule has 1 aromatic carbocycles. The topological polar surface area (TPSA) is 87.6 Å². The third-order valence-corrected chi connectivity index (χ3v) is 3.79. The second kappa shape index (κ2) is 5.50. The van der Waals surface area contributed by atoms with Crippen LogP contribution < -0.4 is 20.9 Å². The Labute approximate surface area is 123 Å². The summed E-state index contributed by atoms with van der Waals surface area (Å²) >= 11 is 6.23. The smallest absolute Gasteiger partial charge is 0.223 e. The molecule has 20 heavy (non-hydrogen) atoms. The Bertz CT molecular complexity index is 531. The van der Waals surface area contributed by atoms with Crippen molar-refractivity contribution in [1.29, 1.82) is 0 Å². The van der Waals surface area contributed by atoms with Gasteiger partial charge in [0.15, 0.2) is 11.5 Å². The summed E-state index contributed by atoms with van der Waals surface area (Å²) in [5, 5.41) is 0.502. The van der Waals surface area contributed by atoms with E-state index < -0.39 is 11.5 Å². The average molecular weight is 299 g/mol. The molecule has 0 saturated heterocycles. The molecule has 1 aliphatic heterocycles. The van der Waals surface area contributed by atoms with Crippen LogP contribution in [0.5, 0.6) is 11.5 Å². The zero-order valence-electron chi connectivity index (χ0n) is 11.6. The van der Waals surface area contributed by atoms with Crippen molar-refractivity contribution >= 4 is 17.5 Å². The Hall–Kier alpha value is -1.46. The molecule has 0 aromatic heterocycles.